The molecule has 1 fully saturated rings. The van der Waals surface area contributed by atoms with Crippen molar-refractivity contribution in [3.8, 4) is 0 Å². The lowest BCUT2D eigenvalue weighted by Crippen LogP contribution is -2.16. The second-order valence-electron chi connectivity index (χ2n) is 6.33. The number of hydrogen-bond acceptors (Lipinski definition) is 3. The van der Waals surface area contributed by atoms with E-state index in [0.717, 1.165) is 25.1 Å². The molecule has 0 saturated heterocycles. The molecule has 108 valence electrons. The summed E-state index contributed by atoms with van der Waals surface area (Å²) in [4.78, 5) is 8.78. The van der Waals surface area contributed by atoms with E-state index in [-0.39, 0.29) is 11.2 Å². The number of benzene rings is 1. The van der Waals surface area contributed by atoms with Crippen molar-refractivity contribution in [1.82, 2.24) is 9.97 Å². The largest absolute Gasteiger partial charge is 0.366 e. The molecular formula is C17H18FN3. The molecule has 1 saturated carbocycles. The number of nitrogens with one attached hydrogen (secondary N) is 1. The van der Waals surface area contributed by atoms with Crippen molar-refractivity contribution in [3.05, 3.63) is 53.2 Å². The summed E-state index contributed by atoms with van der Waals surface area (Å²) in [6.45, 7) is 2.22. The summed E-state index contributed by atoms with van der Waals surface area (Å²) >= 11 is 0. The zero-order chi connectivity index (χ0) is 14.4. The van der Waals surface area contributed by atoms with E-state index >= 15 is 0 Å². The van der Waals surface area contributed by atoms with Gasteiger partial charge >= 0.3 is 0 Å². The Morgan fingerprint density at radius 1 is 1.19 bits per heavy atom. The van der Waals surface area contributed by atoms with Crippen LogP contribution in [-0.2, 0) is 18.3 Å². The van der Waals surface area contributed by atoms with Gasteiger partial charge in [-0.15, -0.1) is 0 Å². The molecule has 2 atom stereocenters. The Balaban J connectivity index is 1.55. The Kier molecular flexibility index (Phi) is 2.74. The Morgan fingerprint density at radius 2 is 2.00 bits per heavy atom. The normalized spacial score (nSPS) is 26.5. The standard InChI is InChI=1S/C17H18FN3/c1-17(11-5-7-12(18)8-6-11)9-15(17)21-16-13-3-2-4-14(13)19-10-20-16/h5-8,10,15H,2-4,9H2,1H3,(H,19,20,21). The van der Waals surface area contributed by atoms with Crippen LogP contribution in [0.5, 0.6) is 0 Å². The molecule has 0 radical (unpaired) electrons. The summed E-state index contributed by atoms with van der Waals surface area (Å²) in [7, 11) is 0. The van der Waals surface area contributed by atoms with Gasteiger partial charge < -0.3 is 5.32 Å². The van der Waals surface area contributed by atoms with Gasteiger partial charge in [0.05, 0.1) is 0 Å². The van der Waals surface area contributed by atoms with Gasteiger partial charge in [-0.05, 0) is 43.4 Å². The Morgan fingerprint density at radius 3 is 2.81 bits per heavy atom. The first-order chi connectivity index (χ1) is 10.2. The molecule has 1 heterocycles. The molecule has 1 N–H and O–H groups in total. The fourth-order valence-corrected chi connectivity index (χ4v) is 3.37. The summed E-state index contributed by atoms with van der Waals surface area (Å²) in [5.74, 6) is 0.814. The van der Waals surface area contributed by atoms with Crippen LogP contribution in [0.1, 0.15) is 36.6 Å². The zero-order valence-electron chi connectivity index (χ0n) is 12.1. The number of aryl methyl sites for hydroxylation is 1. The molecule has 3 nitrogen and oxygen atoms in total. The summed E-state index contributed by atoms with van der Waals surface area (Å²) in [5.41, 5.74) is 3.74. The molecule has 0 amide bonds. The molecule has 2 aliphatic rings. The molecule has 2 aromatic rings. The predicted molar refractivity (Wildman–Crippen MR) is 79.8 cm³/mol. The molecule has 1 aromatic heterocycles. The van der Waals surface area contributed by atoms with Crippen molar-refractivity contribution in [3.63, 3.8) is 0 Å². The first-order valence-corrected chi connectivity index (χ1v) is 7.52. The van der Waals surface area contributed by atoms with Gasteiger partial charge in [-0.25, -0.2) is 14.4 Å². The first-order valence-electron chi connectivity index (χ1n) is 7.52. The highest BCUT2D eigenvalue weighted by atomic mass is 19.1. The van der Waals surface area contributed by atoms with Crippen molar-refractivity contribution in [1.29, 1.82) is 0 Å². The van der Waals surface area contributed by atoms with E-state index in [1.165, 1.54) is 23.2 Å². The summed E-state index contributed by atoms with van der Waals surface area (Å²) < 4.78 is 13.1. The zero-order valence-corrected chi connectivity index (χ0v) is 12.1. The van der Waals surface area contributed by atoms with Crippen LogP contribution in [0.3, 0.4) is 0 Å². The molecule has 0 aliphatic heterocycles. The monoisotopic (exact) mass is 283 g/mol. The highest BCUT2D eigenvalue weighted by molar-refractivity contribution is 5.52. The predicted octanol–water partition coefficient (Wildman–Crippen LogP) is 3.25. The third kappa shape index (κ3) is 2.09. The molecule has 1 aromatic carbocycles. The Labute approximate surface area is 123 Å². The third-order valence-corrected chi connectivity index (χ3v) is 4.93. The number of aromatic nitrogens is 2. The van der Waals surface area contributed by atoms with E-state index in [4.69, 9.17) is 0 Å². The lowest BCUT2D eigenvalue weighted by molar-refractivity contribution is 0.625. The summed E-state index contributed by atoms with van der Waals surface area (Å²) in [6.07, 6.45) is 6.01. The lowest BCUT2D eigenvalue weighted by Gasteiger charge is -2.14. The minimum absolute atomic E-state index is 0.0735. The van der Waals surface area contributed by atoms with Gasteiger partial charge in [0, 0.05) is 22.7 Å². The maximum absolute atomic E-state index is 13.1. The van der Waals surface area contributed by atoms with Crippen molar-refractivity contribution in [2.75, 3.05) is 5.32 Å². The lowest BCUT2D eigenvalue weighted by atomic mass is 9.97. The number of fused-ring (bicyclic) bond motifs is 1. The molecule has 2 aliphatic carbocycles. The van der Waals surface area contributed by atoms with Crippen molar-refractivity contribution >= 4 is 5.82 Å². The van der Waals surface area contributed by atoms with Crippen molar-refractivity contribution in [2.45, 2.75) is 44.1 Å². The number of hydrogen-bond donors (Lipinski definition) is 1. The molecule has 2 unspecified atom stereocenters. The molecule has 4 heteroatoms. The van der Waals surface area contributed by atoms with Crippen molar-refractivity contribution in [2.24, 2.45) is 0 Å². The SMILES string of the molecule is CC1(c2ccc(F)cc2)CC1Nc1ncnc2c1CCC2. The fraction of sp³-hybridized carbons (Fsp3) is 0.412. The molecule has 21 heavy (non-hydrogen) atoms. The summed E-state index contributed by atoms with van der Waals surface area (Å²) in [6, 6.07) is 7.22. The summed E-state index contributed by atoms with van der Waals surface area (Å²) in [5, 5.41) is 3.58. The van der Waals surface area contributed by atoms with E-state index < -0.39 is 0 Å². The second kappa shape index (κ2) is 4.52. The molecule has 0 bridgehead atoms. The number of halogens is 1. The van der Waals surface area contributed by atoms with E-state index in [9.17, 15) is 4.39 Å². The van der Waals surface area contributed by atoms with Crippen LogP contribution in [-0.4, -0.2) is 16.0 Å². The average molecular weight is 283 g/mol. The van der Waals surface area contributed by atoms with Crippen LogP contribution in [0.2, 0.25) is 0 Å². The first kappa shape index (κ1) is 12.7. The fourth-order valence-electron chi connectivity index (χ4n) is 3.37. The molecule has 0 spiro atoms. The van der Waals surface area contributed by atoms with E-state index in [2.05, 4.69) is 22.2 Å². The van der Waals surface area contributed by atoms with Crippen LogP contribution in [0.15, 0.2) is 30.6 Å². The van der Waals surface area contributed by atoms with Crippen molar-refractivity contribution < 1.29 is 4.39 Å². The number of nitrogens with zero attached hydrogens (tertiary/aromatic N) is 2. The number of rotatable bonds is 3. The maximum atomic E-state index is 13.1. The highest BCUT2D eigenvalue weighted by Crippen LogP contribution is 2.49. The van der Waals surface area contributed by atoms with Gasteiger partial charge in [0.25, 0.3) is 0 Å². The average Bonchev–Trinajstić information content (AvgIpc) is 2.93. The molecule has 4 rings (SSSR count). The van der Waals surface area contributed by atoms with E-state index in [1.54, 1.807) is 18.5 Å². The van der Waals surface area contributed by atoms with Crippen LogP contribution in [0, 0.1) is 5.82 Å². The van der Waals surface area contributed by atoms with Gasteiger partial charge in [-0.3, -0.25) is 0 Å². The highest BCUT2D eigenvalue weighted by Gasteiger charge is 2.51. The van der Waals surface area contributed by atoms with Gasteiger partial charge in [-0.1, -0.05) is 19.1 Å². The van der Waals surface area contributed by atoms with Gasteiger partial charge in [0.2, 0.25) is 0 Å². The van der Waals surface area contributed by atoms with E-state index in [1.807, 2.05) is 12.1 Å². The van der Waals surface area contributed by atoms with Crippen LogP contribution >= 0.6 is 0 Å². The Hall–Kier alpha value is -1.97. The van der Waals surface area contributed by atoms with Crippen LogP contribution in [0.25, 0.3) is 0 Å². The van der Waals surface area contributed by atoms with Gasteiger partial charge in [-0.2, -0.15) is 0 Å². The van der Waals surface area contributed by atoms with Gasteiger partial charge in [0.1, 0.15) is 18.0 Å². The smallest absolute Gasteiger partial charge is 0.133 e. The third-order valence-electron chi connectivity index (χ3n) is 4.93. The second-order valence-corrected chi connectivity index (χ2v) is 6.33. The van der Waals surface area contributed by atoms with E-state index in [0.29, 0.717) is 6.04 Å². The van der Waals surface area contributed by atoms with Gasteiger partial charge in [0.15, 0.2) is 0 Å². The van der Waals surface area contributed by atoms with Crippen LogP contribution < -0.4 is 5.32 Å². The van der Waals surface area contributed by atoms with Crippen LogP contribution in [0.4, 0.5) is 10.2 Å². The molecular weight excluding hydrogens is 265 g/mol. The topological polar surface area (TPSA) is 37.8 Å². The Bertz CT molecular complexity index is 683. The minimum atomic E-state index is -0.180. The minimum Gasteiger partial charge on any atom is -0.366 e. The number of anilines is 1. The maximum Gasteiger partial charge on any atom is 0.133 e. The quantitative estimate of drug-likeness (QED) is 0.939.